The largest absolute Gasteiger partial charge is 0.507 e. The van der Waals surface area contributed by atoms with Gasteiger partial charge in [-0.1, -0.05) is 18.7 Å². The van der Waals surface area contributed by atoms with Crippen LogP contribution in [0.5, 0.6) is 5.75 Å². The van der Waals surface area contributed by atoms with Crippen LogP contribution in [0.25, 0.3) is 0 Å². The Morgan fingerprint density at radius 2 is 1.89 bits per heavy atom. The van der Waals surface area contributed by atoms with Crippen molar-refractivity contribution in [2.24, 2.45) is 0 Å². The summed E-state index contributed by atoms with van der Waals surface area (Å²) in [6.07, 6.45) is -1.05. The quantitative estimate of drug-likeness (QED) is 0.502. The normalized spacial score (nSPS) is 11.4. The van der Waals surface area contributed by atoms with Crippen molar-refractivity contribution in [3.05, 3.63) is 42.0 Å². The fraction of sp³-hybridized carbons (Fsp3) is 0.231. The molecule has 1 rings (SSSR count). The average molecular weight is 250 g/mol. The molecule has 0 heterocycles. The van der Waals surface area contributed by atoms with E-state index in [1.165, 1.54) is 26.0 Å². The molecule has 1 N–H and O–H groups in total. The van der Waals surface area contributed by atoms with Crippen LogP contribution in [0.15, 0.2) is 36.4 Å². The second-order valence-corrected chi connectivity index (χ2v) is 3.68. The van der Waals surface area contributed by atoms with Crippen molar-refractivity contribution in [2.75, 3.05) is 0 Å². The van der Waals surface area contributed by atoms with Crippen LogP contribution < -0.4 is 0 Å². The Kier molecular flexibility index (Phi) is 4.48. The molecule has 18 heavy (non-hydrogen) atoms. The Morgan fingerprint density at radius 1 is 1.28 bits per heavy atom. The van der Waals surface area contributed by atoms with Crippen molar-refractivity contribution >= 4 is 11.9 Å². The van der Waals surface area contributed by atoms with Crippen molar-refractivity contribution in [2.45, 2.75) is 20.1 Å². The number of carbonyl (C=O) groups excluding carboxylic acids is 2. The summed E-state index contributed by atoms with van der Waals surface area (Å²) in [5, 5.41) is 9.44. The Hall–Kier alpha value is -2.30. The number of ether oxygens (including phenoxy) is 2. The Morgan fingerprint density at radius 3 is 2.44 bits per heavy atom. The first kappa shape index (κ1) is 13.8. The Bertz CT molecular complexity index is 478. The third-order valence-electron chi connectivity index (χ3n) is 2.02. The zero-order valence-electron chi connectivity index (χ0n) is 10.2. The number of esters is 2. The second kappa shape index (κ2) is 5.86. The zero-order chi connectivity index (χ0) is 13.7. The van der Waals surface area contributed by atoms with Crippen molar-refractivity contribution < 1.29 is 24.2 Å². The molecule has 0 saturated carbocycles. The van der Waals surface area contributed by atoms with E-state index in [2.05, 4.69) is 6.58 Å². The van der Waals surface area contributed by atoms with E-state index >= 15 is 0 Å². The highest BCUT2D eigenvalue weighted by Gasteiger charge is 2.18. The maximum absolute atomic E-state index is 11.6. The van der Waals surface area contributed by atoms with Gasteiger partial charge in [0.25, 0.3) is 0 Å². The van der Waals surface area contributed by atoms with Gasteiger partial charge >= 0.3 is 11.9 Å². The topological polar surface area (TPSA) is 72.8 Å². The summed E-state index contributed by atoms with van der Waals surface area (Å²) in [4.78, 5) is 22.8. The van der Waals surface area contributed by atoms with Gasteiger partial charge in [-0.05, 0) is 19.1 Å². The van der Waals surface area contributed by atoms with E-state index in [1.807, 2.05) is 0 Å². The van der Waals surface area contributed by atoms with Gasteiger partial charge in [0, 0.05) is 12.5 Å². The van der Waals surface area contributed by atoms with Crippen LogP contribution in [0.1, 0.15) is 24.2 Å². The maximum atomic E-state index is 11.6. The minimum absolute atomic E-state index is 0.00993. The van der Waals surface area contributed by atoms with E-state index in [1.54, 1.807) is 12.1 Å². The molecule has 1 aromatic rings. The summed E-state index contributed by atoms with van der Waals surface area (Å²) < 4.78 is 9.64. The van der Waals surface area contributed by atoms with Gasteiger partial charge in [0.05, 0.1) is 0 Å². The van der Waals surface area contributed by atoms with Crippen molar-refractivity contribution in [1.82, 2.24) is 0 Å². The van der Waals surface area contributed by atoms with Crippen LogP contribution in [0.3, 0.4) is 0 Å². The first-order chi connectivity index (χ1) is 8.41. The summed E-state index contributed by atoms with van der Waals surface area (Å²) in [6.45, 7) is 6.29. The monoisotopic (exact) mass is 250 g/mol. The van der Waals surface area contributed by atoms with Gasteiger partial charge in [-0.25, -0.2) is 9.59 Å². The fourth-order valence-electron chi connectivity index (χ4n) is 1.14. The van der Waals surface area contributed by atoms with Crippen molar-refractivity contribution in [3.8, 4) is 5.75 Å². The van der Waals surface area contributed by atoms with Crippen LogP contribution in [0, 0.1) is 0 Å². The molecule has 0 aliphatic rings. The zero-order valence-corrected chi connectivity index (χ0v) is 10.2. The molecule has 0 saturated heterocycles. The molecule has 1 atom stereocenters. The number of hydrogen-bond acceptors (Lipinski definition) is 5. The maximum Gasteiger partial charge on any atom is 0.344 e. The molecule has 0 aliphatic heterocycles. The third-order valence-corrected chi connectivity index (χ3v) is 2.02. The number of phenolic OH excluding ortho intramolecular Hbond substituents is 1. The van der Waals surface area contributed by atoms with Gasteiger partial charge < -0.3 is 14.6 Å². The standard InChI is InChI=1S/C13H14O5/c1-8(2)12(15)17-9(3)18-13(16)10-6-4-5-7-11(10)14/h4-7,9,14H,1H2,2-3H3. The molecule has 5 heteroatoms. The number of phenols is 1. The van der Waals surface area contributed by atoms with E-state index in [0.29, 0.717) is 0 Å². The van der Waals surface area contributed by atoms with Crippen LogP contribution in [0.2, 0.25) is 0 Å². The molecule has 0 bridgehead atoms. The molecule has 0 amide bonds. The van der Waals surface area contributed by atoms with Gasteiger partial charge in [0.2, 0.25) is 6.29 Å². The van der Waals surface area contributed by atoms with E-state index in [0.717, 1.165) is 0 Å². The highest BCUT2D eigenvalue weighted by molar-refractivity contribution is 5.92. The van der Waals surface area contributed by atoms with Crippen LogP contribution in [-0.4, -0.2) is 23.3 Å². The van der Waals surface area contributed by atoms with Crippen LogP contribution in [-0.2, 0) is 14.3 Å². The molecule has 0 radical (unpaired) electrons. The predicted octanol–water partition coefficient (Wildman–Crippen LogP) is 2.01. The molecule has 0 spiro atoms. The highest BCUT2D eigenvalue weighted by Crippen LogP contribution is 2.17. The smallest absolute Gasteiger partial charge is 0.344 e. The molecule has 0 aliphatic carbocycles. The van der Waals surface area contributed by atoms with E-state index in [9.17, 15) is 14.7 Å². The first-order valence-electron chi connectivity index (χ1n) is 5.27. The van der Waals surface area contributed by atoms with Gasteiger partial charge in [-0.2, -0.15) is 0 Å². The lowest BCUT2D eigenvalue weighted by molar-refractivity contribution is -0.160. The third kappa shape index (κ3) is 3.62. The summed E-state index contributed by atoms with van der Waals surface area (Å²) in [5.41, 5.74) is 0.219. The summed E-state index contributed by atoms with van der Waals surface area (Å²) in [5.74, 6) is -1.61. The van der Waals surface area contributed by atoms with Gasteiger partial charge in [0.15, 0.2) is 0 Å². The van der Waals surface area contributed by atoms with Crippen LogP contribution in [0.4, 0.5) is 0 Å². The molecular formula is C13H14O5. The molecule has 0 fully saturated rings. The Labute approximate surface area is 105 Å². The van der Waals surface area contributed by atoms with E-state index in [-0.39, 0.29) is 16.9 Å². The molecule has 1 unspecified atom stereocenters. The summed E-state index contributed by atoms with van der Waals surface area (Å²) in [6, 6.07) is 5.93. The lowest BCUT2D eigenvalue weighted by atomic mass is 10.2. The number of benzene rings is 1. The average Bonchev–Trinajstić information content (AvgIpc) is 2.28. The van der Waals surface area contributed by atoms with E-state index in [4.69, 9.17) is 9.47 Å². The van der Waals surface area contributed by atoms with Crippen LogP contribution >= 0.6 is 0 Å². The number of aromatic hydroxyl groups is 1. The summed E-state index contributed by atoms with van der Waals surface area (Å²) >= 11 is 0. The number of hydrogen-bond donors (Lipinski definition) is 1. The SMILES string of the molecule is C=C(C)C(=O)OC(C)OC(=O)c1ccccc1O. The fourth-order valence-corrected chi connectivity index (χ4v) is 1.14. The van der Waals surface area contributed by atoms with Gasteiger partial charge in [0.1, 0.15) is 11.3 Å². The molecule has 0 aromatic heterocycles. The second-order valence-electron chi connectivity index (χ2n) is 3.68. The van der Waals surface area contributed by atoms with E-state index < -0.39 is 18.2 Å². The lowest BCUT2D eigenvalue weighted by Crippen LogP contribution is -2.22. The first-order valence-corrected chi connectivity index (χ1v) is 5.27. The molecular weight excluding hydrogens is 236 g/mol. The molecule has 96 valence electrons. The van der Waals surface area contributed by atoms with Crippen molar-refractivity contribution in [3.63, 3.8) is 0 Å². The van der Waals surface area contributed by atoms with Gasteiger partial charge in [-0.3, -0.25) is 0 Å². The number of rotatable bonds is 4. The highest BCUT2D eigenvalue weighted by atomic mass is 16.7. The molecule has 1 aromatic carbocycles. The minimum atomic E-state index is -1.05. The van der Waals surface area contributed by atoms with Crippen molar-refractivity contribution in [1.29, 1.82) is 0 Å². The Balaban J connectivity index is 2.63. The summed E-state index contributed by atoms with van der Waals surface area (Å²) in [7, 11) is 0. The predicted molar refractivity (Wildman–Crippen MR) is 63.9 cm³/mol. The molecule has 5 nitrogen and oxygen atoms in total. The van der Waals surface area contributed by atoms with Gasteiger partial charge in [-0.15, -0.1) is 0 Å². The number of para-hydroxylation sites is 1. The lowest BCUT2D eigenvalue weighted by Gasteiger charge is -2.14. The number of carbonyl (C=O) groups is 2. The minimum Gasteiger partial charge on any atom is -0.507 e.